The molecule has 7 heteroatoms. The van der Waals surface area contributed by atoms with Crippen LogP contribution < -0.4 is 0 Å². The minimum absolute atomic E-state index is 0.111. The Bertz CT molecular complexity index is 747. The number of methoxy groups -OCH3 is 1. The van der Waals surface area contributed by atoms with Crippen LogP contribution in [0.2, 0.25) is 0 Å². The first-order chi connectivity index (χ1) is 15.5. The Labute approximate surface area is 191 Å². The molecule has 1 aromatic rings. The number of amides is 2. The predicted molar refractivity (Wildman–Crippen MR) is 123 cm³/mol. The smallest absolute Gasteiger partial charge is 0.305 e. The van der Waals surface area contributed by atoms with Crippen LogP contribution in [0.3, 0.4) is 0 Å². The van der Waals surface area contributed by atoms with Gasteiger partial charge in [-0.3, -0.25) is 19.3 Å². The molecule has 0 radical (unpaired) electrons. The molecular formula is C25H37N3O4. The molecule has 2 heterocycles. The van der Waals surface area contributed by atoms with Crippen LogP contribution in [0, 0.1) is 5.92 Å². The van der Waals surface area contributed by atoms with Crippen LogP contribution in [-0.4, -0.2) is 78.9 Å². The van der Waals surface area contributed by atoms with Gasteiger partial charge in [0.2, 0.25) is 11.8 Å². The Morgan fingerprint density at radius 2 is 1.62 bits per heavy atom. The number of esters is 1. The molecule has 0 saturated carbocycles. The molecule has 1 unspecified atom stereocenters. The average molecular weight is 444 g/mol. The highest BCUT2D eigenvalue weighted by molar-refractivity contribution is 5.77. The van der Waals surface area contributed by atoms with Gasteiger partial charge < -0.3 is 14.5 Å². The zero-order valence-electron chi connectivity index (χ0n) is 19.3. The molecule has 0 aromatic heterocycles. The van der Waals surface area contributed by atoms with Crippen LogP contribution in [0.4, 0.5) is 0 Å². The maximum absolute atomic E-state index is 12.7. The van der Waals surface area contributed by atoms with Crippen molar-refractivity contribution < 1.29 is 19.1 Å². The van der Waals surface area contributed by atoms with Crippen LogP contribution in [0.15, 0.2) is 30.3 Å². The van der Waals surface area contributed by atoms with Gasteiger partial charge in [-0.1, -0.05) is 30.3 Å². The number of nitrogens with zero attached hydrogens (tertiary/aromatic N) is 3. The first-order valence-electron chi connectivity index (χ1n) is 11.9. The molecule has 2 fully saturated rings. The van der Waals surface area contributed by atoms with E-state index in [1.54, 1.807) is 0 Å². The normalized spacial score (nSPS) is 19.6. The zero-order chi connectivity index (χ0) is 22.8. The molecule has 0 aliphatic carbocycles. The van der Waals surface area contributed by atoms with Gasteiger partial charge in [0.05, 0.1) is 7.11 Å². The van der Waals surface area contributed by atoms with Gasteiger partial charge in [0, 0.05) is 65.1 Å². The number of benzene rings is 1. The van der Waals surface area contributed by atoms with Crippen molar-refractivity contribution in [2.24, 2.45) is 5.92 Å². The Morgan fingerprint density at radius 1 is 0.906 bits per heavy atom. The van der Waals surface area contributed by atoms with E-state index in [9.17, 15) is 14.4 Å². The number of carbonyl (C=O) groups excluding carboxylic acids is 3. The molecule has 1 atom stereocenters. The predicted octanol–water partition coefficient (Wildman–Crippen LogP) is 2.69. The largest absolute Gasteiger partial charge is 0.469 e. The van der Waals surface area contributed by atoms with Crippen molar-refractivity contribution in [1.82, 2.24) is 14.7 Å². The van der Waals surface area contributed by atoms with E-state index in [4.69, 9.17) is 0 Å². The third-order valence-corrected chi connectivity index (χ3v) is 6.61. The van der Waals surface area contributed by atoms with Crippen molar-refractivity contribution in [3.8, 4) is 0 Å². The summed E-state index contributed by atoms with van der Waals surface area (Å²) >= 11 is 0. The summed E-state index contributed by atoms with van der Waals surface area (Å²) in [5, 5.41) is 0. The van der Waals surface area contributed by atoms with Gasteiger partial charge in [-0.15, -0.1) is 0 Å². The van der Waals surface area contributed by atoms with Crippen molar-refractivity contribution in [2.45, 2.75) is 51.5 Å². The summed E-state index contributed by atoms with van der Waals surface area (Å²) in [4.78, 5) is 42.7. The summed E-state index contributed by atoms with van der Waals surface area (Å²) in [5.41, 5.74) is 1.31. The van der Waals surface area contributed by atoms with E-state index in [1.165, 1.54) is 12.7 Å². The SMILES string of the molecule is COC(=O)CCCC(=O)N1CCCC(CCC(=O)N2CCN(Cc3ccccc3)CC2)C1. The highest BCUT2D eigenvalue weighted by Gasteiger charge is 2.26. The third kappa shape index (κ3) is 7.62. The minimum Gasteiger partial charge on any atom is -0.469 e. The number of carbonyl (C=O) groups is 3. The first-order valence-corrected chi connectivity index (χ1v) is 11.9. The van der Waals surface area contributed by atoms with E-state index in [-0.39, 0.29) is 24.2 Å². The fourth-order valence-corrected chi connectivity index (χ4v) is 4.65. The van der Waals surface area contributed by atoms with Crippen molar-refractivity contribution >= 4 is 17.8 Å². The summed E-state index contributed by atoms with van der Waals surface area (Å²) in [6, 6.07) is 10.5. The first kappa shape index (κ1) is 24.2. The van der Waals surface area contributed by atoms with Crippen LogP contribution >= 0.6 is 0 Å². The van der Waals surface area contributed by atoms with Gasteiger partial charge in [-0.05, 0) is 37.2 Å². The Kier molecular flexibility index (Phi) is 9.53. The van der Waals surface area contributed by atoms with Gasteiger partial charge >= 0.3 is 5.97 Å². The minimum atomic E-state index is -0.270. The van der Waals surface area contributed by atoms with E-state index in [0.29, 0.717) is 25.2 Å². The van der Waals surface area contributed by atoms with Crippen LogP contribution in [0.5, 0.6) is 0 Å². The summed E-state index contributed by atoms with van der Waals surface area (Å²) in [7, 11) is 1.37. The number of likely N-dealkylation sites (tertiary alicyclic amines) is 1. The van der Waals surface area contributed by atoms with Gasteiger partial charge in [-0.25, -0.2) is 0 Å². The summed E-state index contributed by atoms with van der Waals surface area (Å²) in [6.45, 7) is 5.87. The molecule has 176 valence electrons. The lowest BCUT2D eigenvalue weighted by Crippen LogP contribution is -2.48. The second kappa shape index (κ2) is 12.6. The fraction of sp³-hybridized carbons (Fsp3) is 0.640. The van der Waals surface area contributed by atoms with Crippen LogP contribution in [-0.2, 0) is 25.7 Å². The summed E-state index contributed by atoms with van der Waals surface area (Å²) in [6.07, 6.45) is 4.66. The summed E-state index contributed by atoms with van der Waals surface area (Å²) < 4.78 is 4.63. The molecule has 0 N–H and O–H groups in total. The molecule has 2 aliphatic rings. The topological polar surface area (TPSA) is 70.2 Å². The molecular weight excluding hydrogens is 406 g/mol. The van der Waals surface area contributed by atoms with Gasteiger partial charge in [0.15, 0.2) is 0 Å². The monoisotopic (exact) mass is 443 g/mol. The number of piperazine rings is 1. The van der Waals surface area contributed by atoms with Crippen molar-refractivity contribution in [1.29, 1.82) is 0 Å². The van der Waals surface area contributed by atoms with E-state index < -0.39 is 0 Å². The lowest BCUT2D eigenvalue weighted by atomic mass is 9.92. The standard InChI is InChI=1S/C25H37N3O4/c1-32-25(31)11-5-10-23(29)28-14-6-9-22(20-28)12-13-24(30)27-17-15-26(16-18-27)19-21-7-3-2-4-8-21/h2-4,7-8,22H,5-6,9-20H2,1H3. The van der Waals surface area contributed by atoms with Gasteiger partial charge in [0.25, 0.3) is 0 Å². The van der Waals surface area contributed by atoms with E-state index in [2.05, 4.69) is 33.9 Å². The average Bonchev–Trinajstić information content (AvgIpc) is 2.83. The molecule has 3 rings (SSSR count). The molecule has 32 heavy (non-hydrogen) atoms. The Morgan fingerprint density at radius 3 is 2.34 bits per heavy atom. The van der Waals surface area contributed by atoms with E-state index in [0.717, 1.165) is 65.1 Å². The van der Waals surface area contributed by atoms with E-state index >= 15 is 0 Å². The van der Waals surface area contributed by atoms with Gasteiger partial charge in [0.1, 0.15) is 0 Å². The Balaban J connectivity index is 1.34. The van der Waals surface area contributed by atoms with Crippen molar-refractivity contribution in [3.63, 3.8) is 0 Å². The lowest BCUT2D eigenvalue weighted by molar-refractivity contribution is -0.141. The Hall–Kier alpha value is -2.41. The van der Waals surface area contributed by atoms with Crippen molar-refractivity contribution in [2.75, 3.05) is 46.4 Å². The number of hydrogen-bond donors (Lipinski definition) is 0. The quantitative estimate of drug-likeness (QED) is 0.549. The maximum Gasteiger partial charge on any atom is 0.305 e. The molecule has 2 saturated heterocycles. The summed E-state index contributed by atoms with van der Waals surface area (Å²) in [5.74, 6) is 0.468. The highest BCUT2D eigenvalue weighted by Crippen LogP contribution is 2.23. The molecule has 0 bridgehead atoms. The number of ether oxygens (including phenoxy) is 1. The zero-order valence-corrected chi connectivity index (χ0v) is 19.3. The van der Waals surface area contributed by atoms with Gasteiger partial charge in [-0.2, -0.15) is 0 Å². The third-order valence-electron chi connectivity index (χ3n) is 6.61. The molecule has 2 amide bonds. The number of rotatable bonds is 9. The fourth-order valence-electron chi connectivity index (χ4n) is 4.65. The second-order valence-electron chi connectivity index (χ2n) is 8.96. The lowest BCUT2D eigenvalue weighted by Gasteiger charge is -2.36. The van der Waals surface area contributed by atoms with Crippen molar-refractivity contribution in [3.05, 3.63) is 35.9 Å². The molecule has 7 nitrogen and oxygen atoms in total. The molecule has 1 aromatic carbocycles. The second-order valence-corrected chi connectivity index (χ2v) is 8.96. The molecule has 2 aliphatic heterocycles. The molecule has 0 spiro atoms. The number of piperidine rings is 1. The van der Waals surface area contributed by atoms with E-state index in [1.807, 2.05) is 15.9 Å². The van der Waals surface area contributed by atoms with Crippen LogP contribution in [0.25, 0.3) is 0 Å². The maximum atomic E-state index is 12.7. The van der Waals surface area contributed by atoms with Crippen LogP contribution in [0.1, 0.15) is 50.5 Å². The highest BCUT2D eigenvalue weighted by atomic mass is 16.5. The number of hydrogen-bond acceptors (Lipinski definition) is 5.